The number of para-hydroxylation sites is 1. The highest BCUT2D eigenvalue weighted by Gasteiger charge is 2.15. The Morgan fingerprint density at radius 3 is 2.68 bits per heavy atom. The van der Waals surface area contributed by atoms with E-state index in [9.17, 15) is 4.79 Å². The Morgan fingerprint density at radius 1 is 1.37 bits per heavy atom. The maximum absolute atomic E-state index is 12.3. The molecular weight excluding hydrogens is 353 g/mol. The number of nitrogens with one attached hydrogen (secondary N) is 1. The van der Waals surface area contributed by atoms with Crippen LogP contribution in [0.15, 0.2) is 36.5 Å². The van der Waals surface area contributed by atoms with Crippen LogP contribution in [0.4, 0.5) is 11.4 Å². The van der Waals surface area contributed by atoms with Crippen LogP contribution in [0.2, 0.25) is 0 Å². The smallest absolute Gasteiger partial charge is 0.272 e. The van der Waals surface area contributed by atoms with Gasteiger partial charge in [0.25, 0.3) is 5.91 Å². The van der Waals surface area contributed by atoms with Crippen molar-refractivity contribution in [2.75, 3.05) is 11.1 Å². The maximum atomic E-state index is 12.3. The van der Waals surface area contributed by atoms with Crippen molar-refractivity contribution in [3.63, 3.8) is 0 Å². The molecule has 0 aliphatic rings. The molecule has 5 heteroatoms. The summed E-state index contributed by atoms with van der Waals surface area (Å²) < 4.78 is 2.88. The molecule has 0 atom stereocenters. The van der Waals surface area contributed by atoms with E-state index >= 15 is 0 Å². The van der Waals surface area contributed by atoms with Crippen molar-refractivity contribution >= 4 is 39.9 Å². The normalized spacial score (nSPS) is 10.7. The van der Waals surface area contributed by atoms with E-state index < -0.39 is 0 Å². The van der Waals surface area contributed by atoms with Gasteiger partial charge >= 0.3 is 0 Å². The van der Waals surface area contributed by atoms with Gasteiger partial charge < -0.3 is 15.6 Å². The lowest BCUT2D eigenvalue weighted by molar-refractivity contribution is 0.101. The van der Waals surface area contributed by atoms with Crippen LogP contribution >= 0.6 is 22.6 Å². The van der Waals surface area contributed by atoms with Crippen molar-refractivity contribution in [2.45, 2.75) is 19.9 Å². The highest BCUT2D eigenvalue weighted by atomic mass is 127. The average Bonchev–Trinajstić information content (AvgIpc) is 2.74. The van der Waals surface area contributed by atoms with E-state index in [1.807, 2.05) is 42.7 Å². The molecule has 19 heavy (non-hydrogen) atoms. The number of hydrogen-bond donors (Lipinski definition) is 2. The number of benzene rings is 1. The fourth-order valence-electron chi connectivity index (χ4n) is 1.86. The zero-order valence-corrected chi connectivity index (χ0v) is 13.0. The zero-order valence-electron chi connectivity index (χ0n) is 10.9. The molecule has 4 nitrogen and oxygen atoms in total. The first kappa shape index (κ1) is 13.9. The van der Waals surface area contributed by atoms with Crippen LogP contribution in [0.25, 0.3) is 0 Å². The van der Waals surface area contributed by atoms with Gasteiger partial charge in [-0.1, -0.05) is 12.1 Å². The topological polar surface area (TPSA) is 60.0 Å². The molecule has 0 saturated heterocycles. The van der Waals surface area contributed by atoms with Crippen molar-refractivity contribution < 1.29 is 4.79 Å². The summed E-state index contributed by atoms with van der Waals surface area (Å²) in [5.74, 6) is -0.144. The van der Waals surface area contributed by atoms with Gasteiger partial charge in [-0.05, 0) is 54.6 Å². The number of carbonyl (C=O) groups is 1. The predicted molar refractivity (Wildman–Crippen MR) is 86.3 cm³/mol. The third kappa shape index (κ3) is 3.09. The van der Waals surface area contributed by atoms with Crippen LogP contribution in [-0.2, 0) is 0 Å². The van der Waals surface area contributed by atoms with E-state index in [2.05, 4.69) is 27.9 Å². The summed E-state index contributed by atoms with van der Waals surface area (Å²) >= 11 is 2.19. The lowest BCUT2D eigenvalue weighted by Crippen LogP contribution is -2.18. The van der Waals surface area contributed by atoms with Gasteiger partial charge in [0.05, 0.1) is 11.4 Å². The second-order valence-electron chi connectivity index (χ2n) is 4.59. The first-order chi connectivity index (χ1) is 8.99. The second kappa shape index (κ2) is 5.64. The first-order valence-electron chi connectivity index (χ1n) is 6.02. The molecule has 1 aromatic carbocycles. The van der Waals surface area contributed by atoms with E-state index in [0.29, 0.717) is 11.4 Å². The maximum Gasteiger partial charge on any atom is 0.272 e. The minimum absolute atomic E-state index is 0.144. The predicted octanol–water partition coefficient (Wildman–Crippen LogP) is 3.51. The number of hydrogen-bond acceptors (Lipinski definition) is 2. The lowest BCUT2D eigenvalue weighted by Gasteiger charge is -2.13. The van der Waals surface area contributed by atoms with Gasteiger partial charge in [0.1, 0.15) is 5.69 Å². The van der Waals surface area contributed by atoms with Crippen molar-refractivity contribution in [1.82, 2.24) is 4.57 Å². The highest BCUT2D eigenvalue weighted by molar-refractivity contribution is 14.1. The molecule has 1 heterocycles. The molecule has 0 radical (unpaired) electrons. The molecular formula is C14H16IN3O. The standard InChI is InChI=1S/C14H16IN3O/c1-9(2)18-8-10(16)7-13(18)14(19)17-12-6-4-3-5-11(12)15/h3-9H,16H2,1-2H3,(H,17,19). The third-order valence-corrected chi connectivity index (χ3v) is 3.72. The largest absolute Gasteiger partial charge is 0.397 e. The Labute approximate surface area is 126 Å². The summed E-state index contributed by atoms with van der Waals surface area (Å²) in [4.78, 5) is 12.3. The highest BCUT2D eigenvalue weighted by Crippen LogP contribution is 2.21. The number of nitrogens with zero attached hydrogens (tertiary/aromatic N) is 1. The van der Waals surface area contributed by atoms with Crippen LogP contribution in [0.3, 0.4) is 0 Å². The Hall–Kier alpha value is -1.50. The van der Waals surface area contributed by atoms with Crippen molar-refractivity contribution in [2.24, 2.45) is 0 Å². The molecule has 3 N–H and O–H groups in total. The van der Waals surface area contributed by atoms with E-state index in [1.54, 1.807) is 12.3 Å². The Balaban J connectivity index is 2.28. The molecule has 0 unspecified atom stereocenters. The fourth-order valence-corrected chi connectivity index (χ4v) is 2.38. The van der Waals surface area contributed by atoms with Gasteiger partial charge in [0, 0.05) is 15.8 Å². The summed E-state index contributed by atoms with van der Waals surface area (Å²) in [5.41, 5.74) is 7.76. The van der Waals surface area contributed by atoms with E-state index in [1.165, 1.54) is 0 Å². The molecule has 2 aromatic rings. The van der Waals surface area contributed by atoms with Crippen LogP contribution in [0.5, 0.6) is 0 Å². The number of rotatable bonds is 3. The summed E-state index contributed by atoms with van der Waals surface area (Å²) in [5, 5.41) is 2.91. The van der Waals surface area contributed by atoms with Gasteiger partial charge in [-0.15, -0.1) is 0 Å². The summed E-state index contributed by atoms with van der Waals surface area (Å²) in [6.07, 6.45) is 1.79. The molecule has 0 bridgehead atoms. The number of anilines is 2. The summed E-state index contributed by atoms with van der Waals surface area (Å²) in [7, 11) is 0. The van der Waals surface area contributed by atoms with E-state index in [-0.39, 0.29) is 11.9 Å². The van der Waals surface area contributed by atoms with Crippen LogP contribution in [0, 0.1) is 3.57 Å². The third-order valence-electron chi connectivity index (χ3n) is 2.78. The minimum Gasteiger partial charge on any atom is -0.397 e. The van der Waals surface area contributed by atoms with Gasteiger partial charge in [0.15, 0.2) is 0 Å². The quantitative estimate of drug-likeness (QED) is 0.814. The minimum atomic E-state index is -0.144. The Kier molecular flexibility index (Phi) is 4.14. The molecule has 0 aliphatic heterocycles. The number of nitrogens with two attached hydrogens (primary N) is 1. The monoisotopic (exact) mass is 369 g/mol. The van der Waals surface area contributed by atoms with E-state index in [0.717, 1.165) is 9.26 Å². The first-order valence-corrected chi connectivity index (χ1v) is 7.10. The molecule has 1 amide bonds. The van der Waals surface area contributed by atoms with E-state index in [4.69, 9.17) is 5.73 Å². The second-order valence-corrected chi connectivity index (χ2v) is 5.76. The SMILES string of the molecule is CC(C)n1cc(N)cc1C(=O)Nc1ccccc1I. The molecule has 0 aliphatic carbocycles. The molecule has 1 aromatic heterocycles. The van der Waals surface area contributed by atoms with Crippen molar-refractivity contribution in [1.29, 1.82) is 0 Å². The zero-order chi connectivity index (χ0) is 14.0. The molecule has 0 saturated carbocycles. The van der Waals surface area contributed by atoms with Gasteiger partial charge in [-0.3, -0.25) is 4.79 Å². The molecule has 2 rings (SSSR count). The van der Waals surface area contributed by atoms with Crippen molar-refractivity contribution in [3.05, 3.63) is 45.8 Å². The van der Waals surface area contributed by atoms with Crippen LogP contribution in [-0.4, -0.2) is 10.5 Å². The van der Waals surface area contributed by atoms with Gasteiger partial charge in [-0.2, -0.15) is 0 Å². The van der Waals surface area contributed by atoms with Gasteiger partial charge in [0.2, 0.25) is 0 Å². The Morgan fingerprint density at radius 2 is 2.05 bits per heavy atom. The van der Waals surface area contributed by atoms with Crippen molar-refractivity contribution in [3.8, 4) is 0 Å². The summed E-state index contributed by atoms with van der Waals surface area (Å²) in [6, 6.07) is 9.55. The van der Waals surface area contributed by atoms with Gasteiger partial charge in [-0.25, -0.2) is 0 Å². The molecule has 0 spiro atoms. The van der Waals surface area contributed by atoms with Crippen LogP contribution < -0.4 is 11.1 Å². The number of nitrogen functional groups attached to an aromatic ring is 1. The summed E-state index contributed by atoms with van der Waals surface area (Å²) in [6.45, 7) is 4.03. The molecule has 0 fully saturated rings. The average molecular weight is 369 g/mol. The number of halogens is 1. The van der Waals surface area contributed by atoms with Crippen LogP contribution in [0.1, 0.15) is 30.4 Å². The number of carbonyl (C=O) groups excluding carboxylic acids is 1. The molecule has 100 valence electrons. The number of aromatic nitrogens is 1. The number of amides is 1. The Bertz CT molecular complexity index is 604. The fraction of sp³-hybridized carbons (Fsp3) is 0.214. The lowest BCUT2D eigenvalue weighted by atomic mass is 10.3.